The molecule has 0 bridgehead atoms. The van der Waals surface area contributed by atoms with Crippen LogP contribution in [-0.2, 0) is 13.2 Å². The Bertz CT molecular complexity index is 1220. The standard InChI is InChI=1S/C23H21ClN4O3/c1-15-6-3-4-7-17(15)12-28-13-19(11-25-28)26-23(29)22-21(16(2)31-27-22)14-30-20-9-5-8-18(24)10-20/h3-11,13H,12,14H2,1-2H3,(H,26,29). The molecular formula is C23H21ClN4O3. The summed E-state index contributed by atoms with van der Waals surface area (Å²) in [5, 5.41) is 11.6. The number of rotatable bonds is 7. The van der Waals surface area contributed by atoms with Crippen molar-refractivity contribution in [1.29, 1.82) is 0 Å². The zero-order valence-electron chi connectivity index (χ0n) is 17.1. The number of amides is 1. The summed E-state index contributed by atoms with van der Waals surface area (Å²) in [6, 6.07) is 15.2. The van der Waals surface area contributed by atoms with Gasteiger partial charge >= 0.3 is 0 Å². The molecule has 8 heteroatoms. The Balaban J connectivity index is 1.43. The molecular weight excluding hydrogens is 416 g/mol. The number of hydrogen-bond donors (Lipinski definition) is 1. The summed E-state index contributed by atoms with van der Waals surface area (Å²) in [5.41, 5.74) is 3.67. The molecule has 0 unspecified atom stereocenters. The summed E-state index contributed by atoms with van der Waals surface area (Å²) < 4.78 is 12.8. The van der Waals surface area contributed by atoms with Gasteiger partial charge in [0.2, 0.25) is 0 Å². The van der Waals surface area contributed by atoms with Crippen LogP contribution in [0.25, 0.3) is 0 Å². The van der Waals surface area contributed by atoms with E-state index in [0.29, 0.717) is 34.3 Å². The Morgan fingerprint density at radius 3 is 2.84 bits per heavy atom. The highest BCUT2D eigenvalue weighted by molar-refractivity contribution is 6.30. The first kappa shape index (κ1) is 20.7. The summed E-state index contributed by atoms with van der Waals surface area (Å²) in [4.78, 5) is 12.8. The van der Waals surface area contributed by atoms with Crippen LogP contribution >= 0.6 is 11.6 Å². The fourth-order valence-electron chi connectivity index (χ4n) is 3.12. The number of anilines is 1. The third kappa shape index (κ3) is 4.95. The molecule has 0 atom stereocenters. The van der Waals surface area contributed by atoms with E-state index in [1.54, 1.807) is 48.3 Å². The van der Waals surface area contributed by atoms with Crippen molar-refractivity contribution in [2.45, 2.75) is 27.0 Å². The molecule has 158 valence electrons. The van der Waals surface area contributed by atoms with Gasteiger partial charge < -0.3 is 14.6 Å². The minimum absolute atomic E-state index is 0.130. The molecule has 0 spiro atoms. The second kappa shape index (κ2) is 9.06. The number of ether oxygens (including phenoxy) is 1. The first-order chi connectivity index (χ1) is 15.0. The number of carbonyl (C=O) groups excluding carboxylic acids is 1. The third-order valence-corrected chi connectivity index (χ3v) is 5.10. The molecule has 4 rings (SSSR count). The number of halogens is 1. The highest BCUT2D eigenvalue weighted by atomic mass is 35.5. The molecule has 0 fully saturated rings. The maximum atomic E-state index is 12.8. The molecule has 1 N–H and O–H groups in total. The summed E-state index contributed by atoms with van der Waals surface area (Å²) >= 11 is 5.99. The van der Waals surface area contributed by atoms with Crippen molar-refractivity contribution < 1.29 is 14.1 Å². The summed E-state index contributed by atoms with van der Waals surface area (Å²) in [6.45, 7) is 4.54. The van der Waals surface area contributed by atoms with Gasteiger partial charge in [-0.15, -0.1) is 0 Å². The Morgan fingerprint density at radius 2 is 2.03 bits per heavy atom. The average Bonchev–Trinajstić information content (AvgIpc) is 3.34. The second-order valence-electron chi connectivity index (χ2n) is 7.12. The molecule has 0 aliphatic carbocycles. The molecule has 0 aliphatic heterocycles. The van der Waals surface area contributed by atoms with Crippen LogP contribution < -0.4 is 10.1 Å². The van der Waals surface area contributed by atoms with Crippen molar-refractivity contribution >= 4 is 23.2 Å². The Labute approximate surface area is 184 Å². The number of benzene rings is 2. The molecule has 2 heterocycles. The normalized spacial score (nSPS) is 10.8. The third-order valence-electron chi connectivity index (χ3n) is 4.86. The fourth-order valence-corrected chi connectivity index (χ4v) is 3.30. The van der Waals surface area contributed by atoms with Gasteiger partial charge in [-0.05, 0) is 43.2 Å². The number of nitrogens with zero attached hydrogens (tertiary/aromatic N) is 3. The highest BCUT2D eigenvalue weighted by Gasteiger charge is 2.21. The largest absolute Gasteiger partial charge is 0.489 e. The second-order valence-corrected chi connectivity index (χ2v) is 7.56. The lowest BCUT2D eigenvalue weighted by Gasteiger charge is -2.07. The lowest BCUT2D eigenvalue weighted by atomic mass is 10.1. The topological polar surface area (TPSA) is 82.2 Å². The van der Waals surface area contributed by atoms with Crippen LogP contribution in [0.5, 0.6) is 5.75 Å². The van der Waals surface area contributed by atoms with Crippen molar-refractivity contribution in [1.82, 2.24) is 14.9 Å². The minimum atomic E-state index is -0.392. The van der Waals surface area contributed by atoms with Crippen molar-refractivity contribution in [3.8, 4) is 5.75 Å². The number of hydrogen-bond acceptors (Lipinski definition) is 5. The van der Waals surface area contributed by atoms with E-state index in [1.807, 2.05) is 12.1 Å². The zero-order valence-corrected chi connectivity index (χ0v) is 17.9. The number of carbonyl (C=O) groups is 1. The van der Waals surface area contributed by atoms with E-state index in [0.717, 1.165) is 5.56 Å². The molecule has 1 amide bonds. The molecule has 0 saturated carbocycles. The molecule has 31 heavy (non-hydrogen) atoms. The van der Waals surface area contributed by atoms with Gasteiger partial charge in [0.1, 0.15) is 18.1 Å². The molecule has 2 aromatic heterocycles. The molecule has 0 radical (unpaired) electrons. The predicted molar refractivity (Wildman–Crippen MR) is 117 cm³/mol. The van der Waals surface area contributed by atoms with Crippen LogP contribution in [0.4, 0.5) is 5.69 Å². The van der Waals surface area contributed by atoms with E-state index in [4.69, 9.17) is 20.9 Å². The Kier molecular flexibility index (Phi) is 6.04. The predicted octanol–water partition coefficient (Wildman–Crippen LogP) is 5.02. The van der Waals surface area contributed by atoms with Crippen molar-refractivity contribution in [3.05, 3.63) is 94.1 Å². The smallest absolute Gasteiger partial charge is 0.278 e. The monoisotopic (exact) mass is 436 g/mol. The summed E-state index contributed by atoms with van der Waals surface area (Å²) in [7, 11) is 0. The number of aryl methyl sites for hydroxylation is 2. The molecule has 0 saturated heterocycles. The number of nitrogens with one attached hydrogen (secondary N) is 1. The Morgan fingerprint density at radius 1 is 1.19 bits per heavy atom. The molecule has 7 nitrogen and oxygen atoms in total. The lowest BCUT2D eigenvalue weighted by molar-refractivity contribution is 0.101. The van der Waals surface area contributed by atoms with Gasteiger partial charge in [0.05, 0.1) is 24.0 Å². The molecule has 4 aromatic rings. The lowest BCUT2D eigenvalue weighted by Crippen LogP contribution is -2.15. The van der Waals surface area contributed by atoms with E-state index in [9.17, 15) is 4.79 Å². The van der Waals surface area contributed by atoms with E-state index in [2.05, 4.69) is 34.6 Å². The van der Waals surface area contributed by atoms with Gasteiger partial charge in [-0.2, -0.15) is 5.10 Å². The SMILES string of the molecule is Cc1ccccc1Cn1cc(NC(=O)c2noc(C)c2COc2cccc(Cl)c2)cn1. The average molecular weight is 437 g/mol. The quantitative estimate of drug-likeness (QED) is 0.439. The van der Waals surface area contributed by atoms with E-state index in [-0.39, 0.29) is 12.3 Å². The first-order valence-corrected chi connectivity index (χ1v) is 10.1. The minimum Gasteiger partial charge on any atom is -0.489 e. The molecule has 0 aliphatic rings. The zero-order chi connectivity index (χ0) is 21.8. The van der Waals surface area contributed by atoms with Crippen LogP contribution in [0, 0.1) is 13.8 Å². The van der Waals surface area contributed by atoms with Gasteiger partial charge in [-0.25, -0.2) is 0 Å². The molecule has 2 aromatic carbocycles. The Hall–Kier alpha value is -3.58. The first-order valence-electron chi connectivity index (χ1n) is 9.71. The van der Waals surface area contributed by atoms with Gasteiger partial charge in [-0.1, -0.05) is 47.1 Å². The fraction of sp³-hybridized carbons (Fsp3) is 0.174. The van der Waals surface area contributed by atoms with E-state index in [1.165, 1.54) is 5.56 Å². The maximum absolute atomic E-state index is 12.8. The maximum Gasteiger partial charge on any atom is 0.278 e. The van der Waals surface area contributed by atoms with Crippen LogP contribution in [0.15, 0.2) is 65.4 Å². The van der Waals surface area contributed by atoms with Gasteiger partial charge in [0, 0.05) is 11.2 Å². The van der Waals surface area contributed by atoms with Crippen molar-refractivity contribution in [3.63, 3.8) is 0 Å². The van der Waals surface area contributed by atoms with Gasteiger partial charge in [0.25, 0.3) is 5.91 Å². The van der Waals surface area contributed by atoms with E-state index < -0.39 is 5.91 Å². The van der Waals surface area contributed by atoms with Gasteiger partial charge in [0.15, 0.2) is 5.69 Å². The van der Waals surface area contributed by atoms with Crippen LogP contribution in [-0.4, -0.2) is 20.8 Å². The van der Waals surface area contributed by atoms with Gasteiger partial charge in [-0.3, -0.25) is 9.48 Å². The van der Waals surface area contributed by atoms with Crippen molar-refractivity contribution in [2.75, 3.05) is 5.32 Å². The summed E-state index contributed by atoms with van der Waals surface area (Å²) in [5.74, 6) is 0.719. The summed E-state index contributed by atoms with van der Waals surface area (Å²) in [6.07, 6.45) is 3.38. The highest BCUT2D eigenvalue weighted by Crippen LogP contribution is 2.21. The van der Waals surface area contributed by atoms with Crippen LogP contribution in [0.3, 0.4) is 0 Å². The van der Waals surface area contributed by atoms with Crippen LogP contribution in [0.2, 0.25) is 5.02 Å². The van der Waals surface area contributed by atoms with E-state index >= 15 is 0 Å². The van der Waals surface area contributed by atoms with Crippen LogP contribution in [0.1, 0.15) is 32.9 Å². The van der Waals surface area contributed by atoms with Crippen molar-refractivity contribution in [2.24, 2.45) is 0 Å². The number of aromatic nitrogens is 3.